The van der Waals surface area contributed by atoms with E-state index in [9.17, 15) is 4.39 Å². The third-order valence-corrected chi connectivity index (χ3v) is 2.60. The minimum Gasteiger partial charge on any atom is -0.310 e. The molecule has 0 aromatic heterocycles. The number of halogens is 2. The molecule has 0 aliphatic rings. The summed E-state index contributed by atoms with van der Waals surface area (Å²) in [6.45, 7) is 4.00. The Kier molecular flexibility index (Phi) is 4.48. The smallest absolute Gasteiger partial charge is 0.129 e. The van der Waals surface area contributed by atoms with Crippen LogP contribution in [0.1, 0.15) is 25.5 Å². The van der Waals surface area contributed by atoms with Crippen molar-refractivity contribution in [2.45, 2.75) is 19.9 Å². The van der Waals surface area contributed by atoms with Crippen molar-refractivity contribution in [2.75, 3.05) is 7.05 Å². The summed E-state index contributed by atoms with van der Waals surface area (Å²) in [7, 11) is 1.82. The summed E-state index contributed by atoms with van der Waals surface area (Å²) in [5.74, 6) is -0.193. The molecule has 15 heavy (non-hydrogen) atoms. The van der Waals surface area contributed by atoms with E-state index in [1.807, 2.05) is 33.0 Å². The summed E-state index contributed by atoms with van der Waals surface area (Å²) in [6, 6.07) is 5.06. The third-order valence-electron chi connectivity index (χ3n) is 2.11. The Bertz CT molecular complexity index is 370. The molecule has 0 aliphatic heterocycles. The molecular weight excluding hydrogens is 257 g/mol. The van der Waals surface area contributed by atoms with Crippen molar-refractivity contribution < 1.29 is 4.39 Å². The second kappa shape index (κ2) is 5.42. The molecule has 0 amide bonds. The molecule has 1 aromatic carbocycles. The number of hydrogen-bond acceptors (Lipinski definition) is 1. The van der Waals surface area contributed by atoms with E-state index in [4.69, 9.17) is 0 Å². The monoisotopic (exact) mass is 271 g/mol. The van der Waals surface area contributed by atoms with E-state index < -0.39 is 0 Å². The molecule has 3 heteroatoms. The molecule has 0 saturated heterocycles. The average molecular weight is 272 g/mol. The van der Waals surface area contributed by atoms with Gasteiger partial charge < -0.3 is 5.32 Å². The van der Waals surface area contributed by atoms with Gasteiger partial charge in [-0.05, 0) is 33.0 Å². The number of hydrogen-bond donors (Lipinski definition) is 1. The van der Waals surface area contributed by atoms with Crippen molar-refractivity contribution in [1.29, 1.82) is 0 Å². The first-order valence-corrected chi connectivity index (χ1v) is 5.61. The lowest BCUT2D eigenvalue weighted by Crippen LogP contribution is -2.15. The van der Waals surface area contributed by atoms with E-state index in [1.54, 1.807) is 6.07 Å². The Balaban J connectivity index is 3.07. The zero-order valence-corrected chi connectivity index (χ0v) is 10.7. The van der Waals surface area contributed by atoms with Crippen LogP contribution in [0.2, 0.25) is 0 Å². The van der Waals surface area contributed by atoms with Crippen LogP contribution >= 0.6 is 15.9 Å². The quantitative estimate of drug-likeness (QED) is 0.825. The van der Waals surface area contributed by atoms with Crippen LogP contribution in [-0.4, -0.2) is 7.05 Å². The Morgan fingerprint density at radius 2 is 2.13 bits per heavy atom. The first kappa shape index (κ1) is 12.4. The summed E-state index contributed by atoms with van der Waals surface area (Å²) < 4.78 is 14.4. The number of nitrogens with one attached hydrogen (secondary N) is 1. The average Bonchev–Trinajstić information content (AvgIpc) is 2.14. The number of allylic oxidation sites excluding steroid dienone is 1. The van der Waals surface area contributed by atoms with Gasteiger partial charge in [0.2, 0.25) is 0 Å². The van der Waals surface area contributed by atoms with Crippen LogP contribution < -0.4 is 5.32 Å². The highest BCUT2D eigenvalue weighted by Crippen LogP contribution is 2.22. The molecule has 0 spiro atoms. The standard InChI is InChI=1S/C12H15BrFN/c1-8(2)6-12(15-3)10-5-4-9(13)7-11(10)14/h4-7,12,15H,1-3H3. The zero-order chi connectivity index (χ0) is 11.4. The molecular formula is C12H15BrFN. The predicted molar refractivity (Wildman–Crippen MR) is 65.3 cm³/mol. The Morgan fingerprint density at radius 1 is 1.47 bits per heavy atom. The van der Waals surface area contributed by atoms with Gasteiger partial charge >= 0.3 is 0 Å². The Morgan fingerprint density at radius 3 is 2.60 bits per heavy atom. The first-order valence-electron chi connectivity index (χ1n) is 4.82. The van der Waals surface area contributed by atoms with Gasteiger partial charge in [-0.2, -0.15) is 0 Å². The molecule has 0 bridgehead atoms. The van der Waals surface area contributed by atoms with Gasteiger partial charge in [0.05, 0.1) is 6.04 Å². The summed E-state index contributed by atoms with van der Waals surface area (Å²) in [5.41, 5.74) is 1.83. The van der Waals surface area contributed by atoms with E-state index in [0.717, 1.165) is 10.0 Å². The van der Waals surface area contributed by atoms with Crippen LogP contribution in [0.25, 0.3) is 0 Å². The van der Waals surface area contributed by atoms with Crippen LogP contribution in [0.4, 0.5) is 4.39 Å². The predicted octanol–water partition coefficient (Wildman–Crippen LogP) is 3.81. The minimum absolute atomic E-state index is 0.0666. The van der Waals surface area contributed by atoms with Crippen LogP contribution in [0, 0.1) is 5.82 Å². The van der Waals surface area contributed by atoms with Gasteiger partial charge in [0.25, 0.3) is 0 Å². The maximum Gasteiger partial charge on any atom is 0.129 e. The van der Waals surface area contributed by atoms with Gasteiger partial charge in [-0.1, -0.05) is 33.6 Å². The van der Waals surface area contributed by atoms with Crippen molar-refractivity contribution >= 4 is 15.9 Å². The molecule has 1 atom stereocenters. The lowest BCUT2D eigenvalue weighted by atomic mass is 10.0. The normalized spacial score (nSPS) is 12.3. The van der Waals surface area contributed by atoms with Crippen molar-refractivity contribution in [1.82, 2.24) is 5.32 Å². The van der Waals surface area contributed by atoms with E-state index in [-0.39, 0.29) is 11.9 Å². The summed E-state index contributed by atoms with van der Waals surface area (Å²) >= 11 is 3.24. The minimum atomic E-state index is -0.193. The highest BCUT2D eigenvalue weighted by atomic mass is 79.9. The van der Waals surface area contributed by atoms with Crippen molar-refractivity contribution in [3.63, 3.8) is 0 Å². The van der Waals surface area contributed by atoms with E-state index in [1.165, 1.54) is 6.07 Å². The molecule has 1 unspecified atom stereocenters. The van der Waals surface area contributed by atoms with Crippen LogP contribution in [0.15, 0.2) is 34.3 Å². The Hall–Kier alpha value is -0.670. The fourth-order valence-electron chi connectivity index (χ4n) is 1.42. The largest absolute Gasteiger partial charge is 0.310 e. The van der Waals surface area contributed by atoms with Gasteiger partial charge in [0.15, 0.2) is 0 Å². The van der Waals surface area contributed by atoms with Gasteiger partial charge in [0, 0.05) is 10.0 Å². The SMILES string of the molecule is CNC(C=C(C)C)c1ccc(Br)cc1F. The van der Waals surface area contributed by atoms with E-state index in [2.05, 4.69) is 21.2 Å². The number of rotatable bonds is 3. The molecule has 0 radical (unpaired) electrons. The summed E-state index contributed by atoms with van der Waals surface area (Å²) in [6.07, 6.45) is 2.01. The lowest BCUT2D eigenvalue weighted by Gasteiger charge is -2.14. The van der Waals surface area contributed by atoms with Crippen LogP contribution in [-0.2, 0) is 0 Å². The number of likely N-dealkylation sites (N-methyl/N-ethyl adjacent to an activating group) is 1. The zero-order valence-electron chi connectivity index (χ0n) is 9.14. The highest BCUT2D eigenvalue weighted by Gasteiger charge is 2.11. The molecule has 0 aliphatic carbocycles. The first-order chi connectivity index (χ1) is 7.04. The highest BCUT2D eigenvalue weighted by molar-refractivity contribution is 9.10. The van der Waals surface area contributed by atoms with E-state index in [0.29, 0.717) is 5.56 Å². The second-order valence-corrected chi connectivity index (χ2v) is 4.59. The molecule has 0 heterocycles. The lowest BCUT2D eigenvalue weighted by molar-refractivity contribution is 0.580. The van der Waals surface area contributed by atoms with Gasteiger partial charge in [0.1, 0.15) is 5.82 Å². The molecule has 82 valence electrons. The van der Waals surface area contributed by atoms with E-state index >= 15 is 0 Å². The molecule has 1 nitrogen and oxygen atoms in total. The molecule has 0 saturated carbocycles. The maximum atomic E-state index is 13.6. The molecule has 1 N–H and O–H groups in total. The maximum absolute atomic E-state index is 13.6. The van der Waals surface area contributed by atoms with Gasteiger partial charge in [-0.15, -0.1) is 0 Å². The molecule has 1 aromatic rings. The second-order valence-electron chi connectivity index (χ2n) is 3.68. The number of benzene rings is 1. The topological polar surface area (TPSA) is 12.0 Å². The molecule has 1 rings (SSSR count). The van der Waals surface area contributed by atoms with Crippen molar-refractivity contribution in [3.05, 3.63) is 45.7 Å². The Labute approximate surface area is 98.5 Å². The van der Waals surface area contributed by atoms with Crippen LogP contribution in [0.3, 0.4) is 0 Å². The van der Waals surface area contributed by atoms with Crippen molar-refractivity contribution in [2.24, 2.45) is 0 Å². The van der Waals surface area contributed by atoms with Gasteiger partial charge in [-0.3, -0.25) is 0 Å². The fourth-order valence-corrected chi connectivity index (χ4v) is 1.75. The third kappa shape index (κ3) is 3.43. The molecule has 0 fully saturated rings. The van der Waals surface area contributed by atoms with Crippen molar-refractivity contribution in [3.8, 4) is 0 Å². The van der Waals surface area contributed by atoms with Gasteiger partial charge in [-0.25, -0.2) is 4.39 Å². The van der Waals surface area contributed by atoms with Crippen LogP contribution in [0.5, 0.6) is 0 Å². The summed E-state index contributed by atoms with van der Waals surface area (Å²) in [4.78, 5) is 0. The summed E-state index contributed by atoms with van der Waals surface area (Å²) in [5, 5.41) is 3.08. The fraction of sp³-hybridized carbons (Fsp3) is 0.333.